The Labute approximate surface area is 142 Å². The Morgan fingerprint density at radius 2 is 2.00 bits per heavy atom. The quantitative estimate of drug-likeness (QED) is 0.783. The Balaban J connectivity index is 0.00000264. The van der Waals surface area contributed by atoms with E-state index >= 15 is 0 Å². The smallest absolute Gasteiger partial charge is 0.252 e. The molecule has 126 valence electrons. The molecule has 1 heterocycles. The number of halogens is 1. The van der Waals surface area contributed by atoms with E-state index in [1.54, 1.807) is 6.07 Å². The minimum atomic E-state index is -0.491. The fourth-order valence-electron chi connectivity index (χ4n) is 2.82. The molecule has 2 aromatic rings. The number of nitrogens with one attached hydrogen (secondary N) is 2. The van der Waals surface area contributed by atoms with Crippen molar-refractivity contribution >= 4 is 29.2 Å². The average Bonchev–Trinajstić information content (AvgIpc) is 2.45. The van der Waals surface area contributed by atoms with Crippen LogP contribution in [0, 0.1) is 5.92 Å². The molecule has 6 heteroatoms. The first-order chi connectivity index (χ1) is 10.3. The number of amides is 1. The summed E-state index contributed by atoms with van der Waals surface area (Å²) in [6.07, 6.45) is 0.774. The summed E-state index contributed by atoms with van der Waals surface area (Å²) in [5, 5.41) is 3.72. The standard InChI is InChI=1S/C17H23N3O2.ClH/c1-11(2)9-17(3,10-18)20-16(22)13-8-15(21)19-14-7-5-4-6-12(13)14;/h4-8,11H,9-10,18H2,1-3H3,(H,19,21)(H,20,22);1H. The number of carbonyl (C=O) groups is 1. The van der Waals surface area contributed by atoms with Crippen LogP contribution in [0.5, 0.6) is 0 Å². The topological polar surface area (TPSA) is 88.0 Å². The molecule has 0 saturated carbocycles. The lowest BCUT2D eigenvalue weighted by molar-refractivity contribution is 0.0900. The SMILES string of the molecule is CC(C)CC(C)(CN)NC(=O)c1cc(=O)[nH]c2ccccc12.Cl. The molecular formula is C17H24ClN3O2. The van der Waals surface area contributed by atoms with Gasteiger partial charge in [-0.1, -0.05) is 32.0 Å². The summed E-state index contributed by atoms with van der Waals surface area (Å²) in [6.45, 7) is 6.45. The maximum Gasteiger partial charge on any atom is 0.252 e. The average molecular weight is 338 g/mol. The van der Waals surface area contributed by atoms with E-state index in [1.165, 1.54) is 6.07 Å². The number of benzene rings is 1. The zero-order valence-electron chi connectivity index (χ0n) is 13.7. The predicted molar refractivity (Wildman–Crippen MR) is 96.2 cm³/mol. The molecule has 0 spiro atoms. The third kappa shape index (κ3) is 4.56. The molecule has 0 aliphatic carbocycles. The van der Waals surface area contributed by atoms with Crippen molar-refractivity contribution in [1.29, 1.82) is 0 Å². The third-order valence-corrected chi connectivity index (χ3v) is 3.72. The van der Waals surface area contributed by atoms with Crippen molar-refractivity contribution < 1.29 is 4.79 Å². The first kappa shape index (κ1) is 19.2. The molecule has 1 atom stereocenters. The van der Waals surface area contributed by atoms with Crippen molar-refractivity contribution in [2.75, 3.05) is 6.54 Å². The van der Waals surface area contributed by atoms with Gasteiger partial charge in [-0.25, -0.2) is 0 Å². The minimum absolute atomic E-state index is 0. The molecule has 0 aliphatic rings. The van der Waals surface area contributed by atoms with Gasteiger partial charge in [0.1, 0.15) is 0 Å². The van der Waals surface area contributed by atoms with E-state index in [9.17, 15) is 9.59 Å². The van der Waals surface area contributed by atoms with Gasteiger partial charge < -0.3 is 16.0 Å². The van der Waals surface area contributed by atoms with Crippen LogP contribution < -0.4 is 16.6 Å². The van der Waals surface area contributed by atoms with Crippen molar-refractivity contribution in [3.8, 4) is 0 Å². The van der Waals surface area contributed by atoms with E-state index in [0.29, 0.717) is 23.5 Å². The van der Waals surface area contributed by atoms with E-state index < -0.39 is 5.54 Å². The summed E-state index contributed by atoms with van der Waals surface area (Å²) in [7, 11) is 0. The summed E-state index contributed by atoms with van der Waals surface area (Å²) in [6, 6.07) is 8.60. The highest BCUT2D eigenvalue weighted by atomic mass is 35.5. The number of hydrogen-bond donors (Lipinski definition) is 3. The number of fused-ring (bicyclic) bond motifs is 1. The second-order valence-corrected chi connectivity index (χ2v) is 6.41. The van der Waals surface area contributed by atoms with E-state index in [4.69, 9.17) is 5.73 Å². The van der Waals surface area contributed by atoms with Crippen molar-refractivity contribution in [2.24, 2.45) is 11.7 Å². The van der Waals surface area contributed by atoms with Gasteiger partial charge in [0.25, 0.3) is 5.91 Å². The van der Waals surface area contributed by atoms with Gasteiger partial charge in [-0.05, 0) is 25.3 Å². The number of para-hydroxylation sites is 1. The molecule has 0 bridgehead atoms. The van der Waals surface area contributed by atoms with Gasteiger partial charge in [-0.2, -0.15) is 0 Å². The second kappa shape index (κ2) is 7.62. The van der Waals surface area contributed by atoms with Crippen LogP contribution in [-0.2, 0) is 0 Å². The lowest BCUT2D eigenvalue weighted by Gasteiger charge is -2.31. The van der Waals surface area contributed by atoms with Crippen LogP contribution in [0.15, 0.2) is 35.1 Å². The first-order valence-corrected chi connectivity index (χ1v) is 7.49. The lowest BCUT2D eigenvalue weighted by atomic mass is 9.90. The molecule has 0 aliphatic heterocycles. The normalized spacial score (nSPS) is 13.4. The van der Waals surface area contributed by atoms with Crippen molar-refractivity contribution in [1.82, 2.24) is 10.3 Å². The van der Waals surface area contributed by atoms with Crippen molar-refractivity contribution in [2.45, 2.75) is 32.7 Å². The number of nitrogens with two attached hydrogens (primary N) is 1. The molecule has 0 fully saturated rings. The zero-order chi connectivity index (χ0) is 16.3. The third-order valence-electron chi connectivity index (χ3n) is 3.72. The number of H-pyrrole nitrogens is 1. The van der Waals surface area contributed by atoms with Gasteiger partial charge in [-0.3, -0.25) is 9.59 Å². The fourth-order valence-corrected chi connectivity index (χ4v) is 2.82. The van der Waals surface area contributed by atoms with Gasteiger partial charge in [-0.15, -0.1) is 12.4 Å². The first-order valence-electron chi connectivity index (χ1n) is 7.49. The van der Waals surface area contributed by atoms with Gasteiger partial charge in [0, 0.05) is 29.1 Å². The number of aromatic amines is 1. The highest BCUT2D eigenvalue weighted by Crippen LogP contribution is 2.19. The summed E-state index contributed by atoms with van der Waals surface area (Å²) in [5.74, 6) is 0.140. The Bertz CT molecular complexity index is 742. The van der Waals surface area contributed by atoms with Gasteiger partial charge in [0.15, 0.2) is 0 Å². The molecule has 0 saturated heterocycles. The number of aromatic nitrogens is 1. The lowest BCUT2D eigenvalue weighted by Crippen LogP contribution is -2.52. The molecular weight excluding hydrogens is 314 g/mol. The van der Waals surface area contributed by atoms with E-state index in [-0.39, 0.29) is 23.9 Å². The van der Waals surface area contributed by atoms with E-state index in [2.05, 4.69) is 24.1 Å². The van der Waals surface area contributed by atoms with E-state index in [0.717, 1.165) is 11.8 Å². The summed E-state index contributed by atoms with van der Waals surface area (Å²) in [5.41, 5.74) is 6.09. The summed E-state index contributed by atoms with van der Waals surface area (Å²) in [4.78, 5) is 27.1. The van der Waals surface area contributed by atoms with Crippen LogP contribution in [0.2, 0.25) is 0 Å². The van der Waals surface area contributed by atoms with Crippen LogP contribution in [0.3, 0.4) is 0 Å². The van der Waals surface area contributed by atoms with Crippen LogP contribution >= 0.6 is 12.4 Å². The summed E-state index contributed by atoms with van der Waals surface area (Å²) >= 11 is 0. The molecule has 1 aromatic carbocycles. The molecule has 0 radical (unpaired) electrons. The predicted octanol–water partition coefficient (Wildman–Crippen LogP) is 2.44. The molecule has 1 unspecified atom stereocenters. The monoisotopic (exact) mass is 337 g/mol. The fraction of sp³-hybridized carbons (Fsp3) is 0.412. The van der Waals surface area contributed by atoms with Crippen LogP contribution in [0.25, 0.3) is 10.9 Å². The molecule has 1 aromatic heterocycles. The van der Waals surface area contributed by atoms with E-state index in [1.807, 2.05) is 25.1 Å². The molecule has 1 amide bonds. The molecule has 23 heavy (non-hydrogen) atoms. The zero-order valence-corrected chi connectivity index (χ0v) is 14.5. The van der Waals surface area contributed by atoms with Gasteiger partial charge >= 0.3 is 0 Å². The van der Waals surface area contributed by atoms with Gasteiger partial charge in [0.05, 0.1) is 5.56 Å². The summed E-state index contributed by atoms with van der Waals surface area (Å²) < 4.78 is 0. The van der Waals surface area contributed by atoms with Crippen LogP contribution in [0.4, 0.5) is 0 Å². The van der Waals surface area contributed by atoms with Crippen LogP contribution in [0.1, 0.15) is 37.6 Å². The second-order valence-electron chi connectivity index (χ2n) is 6.41. The number of hydrogen-bond acceptors (Lipinski definition) is 3. The number of pyridine rings is 1. The molecule has 4 N–H and O–H groups in total. The Hall–Kier alpha value is -1.85. The number of carbonyl (C=O) groups excluding carboxylic acids is 1. The molecule has 5 nitrogen and oxygen atoms in total. The maximum absolute atomic E-state index is 12.6. The number of rotatable bonds is 5. The minimum Gasteiger partial charge on any atom is -0.346 e. The molecule has 2 rings (SSSR count). The Morgan fingerprint density at radius 1 is 1.35 bits per heavy atom. The maximum atomic E-state index is 12.6. The van der Waals surface area contributed by atoms with Crippen molar-refractivity contribution in [3.63, 3.8) is 0 Å². The Kier molecular flexibility index (Phi) is 6.36. The van der Waals surface area contributed by atoms with Crippen LogP contribution in [-0.4, -0.2) is 23.0 Å². The highest BCUT2D eigenvalue weighted by molar-refractivity contribution is 6.06. The largest absolute Gasteiger partial charge is 0.346 e. The van der Waals surface area contributed by atoms with Gasteiger partial charge in [0.2, 0.25) is 5.56 Å². The van der Waals surface area contributed by atoms with Crippen molar-refractivity contribution in [3.05, 3.63) is 46.2 Å². The highest BCUT2D eigenvalue weighted by Gasteiger charge is 2.27. The Morgan fingerprint density at radius 3 is 2.61 bits per heavy atom.